The molecule has 0 radical (unpaired) electrons. The molecule has 2 fully saturated rings. The predicted molar refractivity (Wildman–Crippen MR) is 119 cm³/mol. The van der Waals surface area contributed by atoms with Gasteiger partial charge in [0.25, 0.3) is 0 Å². The van der Waals surface area contributed by atoms with Gasteiger partial charge in [-0.3, -0.25) is 9.69 Å². The molecule has 2 aliphatic rings. The number of ether oxygens (including phenoxy) is 1. The Balaban J connectivity index is 1.50. The summed E-state index contributed by atoms with van der Waals surface area (Å²) in [4.78, 5) is 26.3. The maximum Gasteiger partial charge on any atom is 0.307 e. The van der Waals surface area contributed by atoms with Crippen LogP contribution in [0.5, 0.6) is 0 Å². The van der Waals surface area contributed by atoms with Crippen LogP contribution in [0.25, 0.3) is 0 Å². The van der Waals surface area contributed by atoms with Crippen LogP contribution in [0.2, 0.25) is 0 Å². The van der Waals surface area contributed by atoms with E-state index in [1.165, 1.54) is 30.8 Å². The van der Waals surface area contributed by atoms with Crippen LogP contribution < -0.4 is 10.2 Å². The first kappa shape index (κ1) is 21.0. The Morgan fingerprint density at radius 1 is 1.27 bits per heavy atom. The van der Waals surface area contributed by atoms with Gasteiger partial charge in [0, 0.05) is 24.8 Å². The second kappa shape index (κ2) is 8.85. The average Bonchev–Trinajstić information content (AvgIpc) is 3.12. The highest BCUT2D eigenvalue weighted by Gasteiger charge is 2.50. The van der Waals surface area contributed by atoms with Crippen molar-refractivity contribution < 1.29 is 9.53 Å². The highest BCUT2D eigenvalue weighted by Crippen LogP contribution is 2.37. The number of anilines is 3. The molecule has 0 saturated carbocycles. The molecule has 2 saturated heterocycles. The SMILES string of the molecule is CCOC(=O)CC1(N2CCCCC2)CN(c2nc(Nc3cc(C)ns3)ncc2C)C1. The third-order valence-corrected chi connectivity index (χ3v) is 6.68. The second-order valence-electron chi connectivity index (χ2n) is 8.27. The Labute approximate surface area is 181 Å². The summed E-state index contributed by atoms with van der Waals surface area (Å²) in [5.41, 5.74) is 1.85. The molecule has 0 spiro atoms. The van der Waals surface area contributed by atoms with Crippen LogP contribution in [0, 0.1) is 13.8 Å². The van der Waals surface area contributed by atoms with Gasteiger partial charge in [-0.1, -0.05) is 6.42 Å². The van der Waals surface area contributed by atoms with E-state index in [4.69, 9.17) is 9.72 Å². The molecular weight excluding hydrogens is 400 g/mol. The zero-order valence-corrected chi connectivity index (χ0v) is 18.8. The molecule has 4 rings (SSSR count). The summed E-state index contributed by atoms with van der Waals surface area (Å²) in [5.74, 6) is 1.38. The van der Waals surface area contributed by atoms with E-state index in [1.54, 1.807) is 0 Å². The summed E-state index contributed by atoms with van der Waals surface area (Å²) in [6.07, 6.45) is 5.95. The van der Waals surface area contributed by atoms with Crippen LogP contribution in [0.1, 0.15) is 43.9 Å². The van der Waals surface area contributed by atoms with Gasteiger partial charge in [0.05, 0.1) is 24.3 Å². The number of carbonyl (C=O) groups excluding carboxylic acids is 1. The molecule has 2 aromatic rings. The van der Waals surface area contributed by atoms with Crippen LogP contribution in [0.4, 0.5) is 16.8 Å². The van der Waals surface area contributed by atoms with Crippen molar-refractivity contribution in [2.24, 2.45) is 0 Å². The lowest BCUT2D eigenvalue weighted by molar-refractivity contribution is -0.147. The summed E-state index contributed by atoms with van der Waals surface area (Å²) in [5, 5.41) is 4.18. The molecule has 0 aromatic carbocycles. The normalized spacial score (nSPS) is 18.7. The Morgan fingerprint density at radius 3 is 2.70 bits per heavy atom. The van der Waals surface area contributed by atoms with Gasteiger partial charge < -0.3 is 15.0 Å². The first-order valence-corrected chi connectivity index (χ1v) is 11.5. The number of carbonyl (C=O) groups is 1. The van der Waals surface area contributed by atoms with Crippen LogP contribution in [-0.2, 0) is 9.53 Å². The molecule has 162 valence electrons. The predicted octanol–water partition coefficient (Wildman–Crippen LogP) is 3.29. The van der Waals surface area contributed by atoms with Crippen LogP contribution in [-0.4, -0.2) is 63.5 Å². The Kier molecular flexibility index (Phi) is 6.19. The maximum atomic E-state index is 12.4. The number of piperidine rings is 1. The van der Waals surface area contributed by atoms with Crippen molar-refractivity contribution in [3.63, 3.8) is 0 Å². The van der Waals surface area contributed by atoms with Crippen LogP contribution >= 0.6 is 11.5 Å². The number of nitrogens with zero attached hydrogens (tertiary/aromatic N) is 5. The van der Waals surface area contributed by atoms with Gasteiger partial charge in [-0.05, 0) is 64.3 Å². The summed E-state index contributed by atoms with van der Waals surface area (Å²) in [7, 11) is 0. The van der Waals surface area contributed by atoms with E-state index in [-0.39, 0.29) is 11.5 Å². The molecule has 30 heavy (non-hydrogen) atoms. The Bertz CT molecular complexity index is 889. The lowest BCUT2D eigenvalue weighted by Gasteiger charge is -2.57. The molecule has 9 heteroatoms. The van der Waals surface area contributed by atoms with Crippen molar-refractivity contribution in [3.8, 4) is 0 Å². The van der Waals surface area contributed by atoms with E-state index in [9.17, 15) is 4.79 Å². The van der Waals surface area contributed by atoms with E-state index in [2.05, 4.69) is 24.5 Å². The number of hydrogen-bond donors (Lipinski definition) is 1. The summed E-state index contributed by atoms with van der Waals surface area (Å²) < 4.78 is 9.58. The molecule has 0 bridgehead atoms. The molecule has 2 aromatic heterocycles. The summed E-state index contributed by atoms with van der Waals surface area (Å²) in [6, 6.07) is 1.98. The fourth-order valence-electron chi connectivity index (χ4n) is 4.43. The quantitative estimate of drug-likeness (QED) is 0.670. The van der Waals surface area contributed by atoms with Crippen molar-refractivity contribution >= 4 is 34.3 Å². The van der Waals surface area contributed by atoms with Gasteiger partial charge >= 0.3 is 5.97 Å². The highest BCUT2D eigenvalue weighted by atomic mass is 32.1. The fraction of sp³-hybridized carbons (Fsp3) is 0.619. The minimum absolute atomic E-state index is 0.106. The number of esters is 1. The lowest BCUT2D eigenvalue weighted by atomic mass is 9.82. The van der Waals surface area contributed by atoms with E-state index >= 15 is 0 Å². The third kappa shape index (κ3) is 4.41. The molecule has 8 nitrogen and oxygen atoms in total. The molecule has 0 amide bonds. The molecule has 4 heterocycles. The fourth-order valence-corrected chi connectivity index (χ4v) is 5.09. The molecule has 1 N–H and O–H groups in total. The van der Waals surface area contributed by atoms with E-state index in [0.29, 0.717) is 19.0 Å². The van der Waals surface area contributed by atoms with Crippen LogP contribution in [0.3, 0.4) is 0 Å². The zero-order valence-electron chi connectivity index (χ0n) is 18.0. The summed E-state index contributed by atoms with van der Waals surface area (Å²) >= 11 is 1.40. The summed E-state index contributed by atoms with van der Waals surface area (Å²) in [6.45, 7) is 9.94. The smallest absolute Gasteiger partial charge is 0.307 e. The maximum absolute atomic E-state index is 12.4. The number of aryl methyl sites for hydroxylation is 2. The largest absolute Gasteiger partial charge is 0.466 e. The molecule has 0 atom stereocenters. The standard InChI is InChI=1S/C21H30N6O2S/c1-4-29-18(28)11-21(27-8-6-5-7-9-27)13-26(14-21)19-15(2)12-22-20(24-19)23-17-10-16(3)25-30-17/h10,12H,4-9,11,13-14H2,1-3H3,(H,22,23,24). The number of hydrogen-bond acceptors (Lipinski definition) is 9. The minimum atomic E-state index is -0.160. The van der Waals surface area contributed by atoms with E-state index in [1.807, 2.05) is 33.0 Å². The minimum Gasteiger partial charge on any atom is -0.466 e. The monoisotopic (exact) mass is 430 g/mol. The highest BCUT2D eigenvalue weighted by molar-refractivity contribution is 7.10. The molecule has 2 aliphatic heterocycles. The van der Waals surface area contributed by atoms with E-state index < -0.39 is 0 Å². The van der Waals surface area contributed by atoms with Gasteiger partial charge in [-0.25, -0.2) is 4.98 Å². The van der Waals surface area contributed by atoms with Gasteiger partial charge in [-0.15, -0.1) is 0 Å². The average molecular weight is 431 g/mol. The number of rotatable bonds is 7. The zero-order chi connectivity index (χ0) is 21.1. The van der Waals surface area contributed by atoms with Crippen molar-refractivity contribution in [2.75, 3.05) is 43.0 Å². The number of likely N-dealkylation sites (tertiary alicyclic amines) is 1. The van der Waals surface area contributed by atoms with Crippen LogP contribution in [0.15, 0.2) is 12.3 Å². The van der Waals surface area contributed by atoms with Gasteiger partial charge in [-0.2, -0.15) is 9.36 Å². The van der Waals surface area contributed by atoms with Gasteiger partial charge in [0.15, 0.2) is 0 Å². The number of nitrogens with one attached hydrogen (secondary N) is 1. The second-order valence-corrected chi connectivity index (χ2v) is 9.07. The number of aromatic nitrogens is 3. The third-order valence-electron chi connectivity index (χ3n) is 5.88. The first-order valence-electron chi connectivity index (χ1n) is 10.7. The van der Waals surface area contributed by atoms with Crippen molar-refractivity contribution in [1.29, 1.82) is 0 Å². The van der Waals surface area contributed by atoms with E-state index in [0.717, 1.165) is 48.3 Å². The Hall–Kier alpha value is -2.26. The van der Waals surface area contributed by atoms with Crippen molar-refractivity contribution in [1.82, 2.24) is 19.2 Å². The van der Waals surface area contributed by atoms with Crippen molar-refractivity contribution in [3.05, 3.63) is 23.5 Å². The topological polar surface area (TPSA) is 83.5 Å². The Morgan fingerprint density at radius 2 is 2.03 bits per heavy atom. The molecule has 0 aliphatic carbocycles. The van der Waals surface area contributed by atoms with Crippen molar-refractivity contribution in [2.45, 2.75) is 52.0 Å². The van der Waals surface area contributed by atoms with Gasteiger partial charge in [0.1, 0.15) is 10.8 Å². The molecular formula is C21H30N6O2S. The lowest BCUT2D eigenvalue weighted by Crippen LogP contribution is -2.72. The molecule has 0 unspecified atom stereocenters. The first-order chi connectivity index (χ1) is 14.5. The van der Waals surface area contributed by atoms with Gasteiger partial charge in [0.2, 0.25) is 5.95 Å².